The van der Waals surface area contributed by atoms with Crippen LogP contribution in [0.4, 0.5) is 5.95 Å². The Balaban J connectivity index is 2.27. The molecule has 0 atom stereocenters. The van der Waals surface area contributed by atoms with Gasteiger partial charge in [-0.15, -0.1) is 5.10 Å². The Morgan fingerprint density at radius 1 is 1.73 bits per heavy atom. The van der Waals surface area contributed by atoms with Crippen molar-refractivity contribution in [3.05, 3.63) is 0 Å². The molecule has 1 heterocycles. The molecule has 62 valence electrons. The van der Waals surface area contributed by atoms with E-state index in [-0.39, 0.29) is 0 Å². The van der Waals surface area contributed by atoms with Gasteiger partial charge in [0.2, 0.25) is 11.1 Å². The molecule has 0 bridgehead atoms. The van der Waals surface area contributed by atoms with Gasteiger partial charge in [-0.3, -0.25) is 0 Å². The van der Waals surface area contributed by atoms with Gasteiger partial charge in [0, 0.05) is 12.3 Å². The largest absolute Gasteiger partial charge is 0.368 e. The number of thioether (sulfide) groups is 1. The van der Waals surface area contributed by atoms with Gasteiger partial charge in [-0.05, 0) is 7.05 Å². The molecule has 1 rings (SSSR count). The number of rotatable bonds is 4. The van der Waals surface area contributed by atoms with Crippen LogP contribution in [0, 0.1) is 0 Å². The third-order valence-electron chi connectivity index (χ3n) is 1.07. The highest BCUT2D eigenvalue weighted by Crippen LogP contribution is 2.10. The standard InChI is InChI=1S/C5H11N5S/c1-7-2-3-11-5-8-4(6)9-10-5/h7H,2-3H2,1H3,(H3,6,8,9,10). The average Bonchev–Trinajstić information content (AvgIpc) is 2.37. The SMILES string of the molecule is CNCCSc1n[nH]c(N)n1. The van der Waals surface area contributed by atoms with Crippen LogP contribution in [0.2, 0.25) is 0 Å². The molecule has 0 saturated carbocycles. The Hall–Kier alpha value is -0.750. The Morgan fingerprint density at radius 3 is 3.09 bits per heavy atom. The molecule has 0 radical (unpaired) electrons. The fraction of sp³-hybridized carbons (Fsp3) is 0.600. The highest BCUT2D eigenvalue weighted by atomic mass is 32.2. The van der Waals surface area contributed by atoms with Crippen molar-refractivity contribution in [2.75, 3.05) is 25.1 Å². The molecule has 0 amide bonds. The molecule has 1 aromatic rings. The molecule has 1 aromatic heterocycles. The Bertz CT molecular complexity index is 210. The van der Waals surface area contributed by atoms with Crippen LogP contribution in [0.1, 0.15) is 0 Å². The number of nitrogen functional groups attached to an aromatic ring is 1. The van der Waals surface area contributed by atoms with Crippen LogP contribution in [0.25, 0.3) is 0 Å². The van der Waals surface area contributed by atoms with Crippen molar-refractivity contribution < 1.29 is 0 Å². The molecule has 0 aromatic carbocycles. The van der Waals surface area contributed by atoms with Crippen molar-refractivity contribution >= 4 is 17.7 Å². The molecule has 6 heteroatoms. The van der Waals surface area contributed by atoms with Crippen LogP contribution in [-0.2, 0) is 0 Å². The van der Waals surface area contributed by atoms with E-state index in [1.54, 1.807) is 11.8 Å². The second-order valence-corrected chi connectivity index (χ2v) is 3.02. The summed E-state index contributed by atoms with van der Waals surface area (Å²) in [6, 6.07) is 0. The minimum atomic E-state index is 0.372. The van der Waals surface area contributed by atoms with E-state index in [0.717, 1.165) is 12.3 Å². The maximum atomic E-state index is 5.32. The predicted molar refractivity (Wildman–Crippen MR) is 45.4 cm³/mol. The molecular weight excluding hydrogens is 162 g/mol. The summed E-state index contributed by atoms with van der Waals surface area (Å²) in [6.45, 7) is 0.944. The van der Waals surface area contributed by atoms with Crippen LogP contribution in [0.3, 0.4) is 0 Å². The maximum absolute atomic E-state index is 5.32. The van der Waals surface area contributed by atoms with Gasteiger partial charge >= 0.3 is 0 Å². The van der Waals surface area contributed by atoms with Gasteiger partial charge in [-0.2, -0.15) is 4.98 Å². The fourth-order valence-corrected chi connectivity index (χ4v) is 1.33. The van der Waals surface area contributed by atoms with Crippen LogP contribution < -0.4 is 11.1 Å². The van der Waals surface area contributed by atoms with Crippen molar-refractivity contribution in [3.63, 3.8) is 0 Å². The van der Waals surface area contributed by atoms with E-state index < -0.39 is 0 Å². The molecule has 5 nitrogen and oxygen atoms in total. The summed E-state index contributed by atoms with van der Waals surface area (Å²) in [7, 11) is 1.91. The summed E-state index contributed by atoms with van der Waals surface area (Å²) in [5.74, 6) is 1.32. The first kappa shape index (κ1) is 8.35. The van der Waals surface area contributed by atoms with Crippen molar-refractivity contribution in [2.24, 2.45) is 0 Å². The van der Waals surface area contributed by atoms with E-state index in [1.807, 2.05) is 7.05 Å². The molecular formula is C5H11N5S. The van der Waals surface area contributed by atoms with Gasteiger partial charge in [-0.25, -0.2) is 5.10 Å². The van der Waals surface area contributed by atoms with E-state index >= 15 is 0 Å². The Labute approximate surface area is 69.2 Å². The number of aromatic amines is 1. The second kappa shape index (κ2) is 4.20. The van der Waals surface area contributed by atoms with Crippen molar-refractivity contribution in [3.8, 4) is 0 Å². The monoisotopic (exact) mass is 173 g/mol. The molecule has 0 aliphatic carbocycles. The number of H-pyrrole nitrogens is 1. The third-order valence-corrected chi connectivity index (χ3v) is 1.91. The van der Waals surface area contributed by atoms with Crippen LogP contribution in [0.15, 0.2) is 5.16 Å². The van der Waals surface area contributed by atoms with Crippen LogP contribution in [-0.4, -0.2) is 34.5 Å². The minimum absolute atomic E-state index is 0.372. The summed E-state index contributed by atoms with van der Waals surface area (Å²) in [4.78, 5) is 3.93. The van der Waals surface area contributed by atoms with E-state index in [4.69, 9.17) is 5.73 Å². The summed E-state index contributed by atoms with van der Waals surface area (Å²) in [5.41, 5.74) is 5.32. The lowest BCUT2D eigenvalue weighted by Gasteiger charge is -1.93. The zero-order valence-corrected chi connectivity index (χ0v) is 7.11. The summed E-state index contributed by atoms with van der Waals surface area (Å²) in [6.07, 6.45) is 0. The van der Waals surface area contributed by atoms with Gasteiger partial charge < -0.3 is 11.1 Å². The van der Waals surface area contributed by atoms with Crippen LogP contribution >= 0.6 is 11.8 Å². The van der Waals surface area contributed by atoms with Crippen molar-refractivity contribution in [1.82, 2.24) is 20.5 Å². The average molecular weight is 173 g/mol. The van der Waals surface area contributed by atoms with Gasteiger partial charge in [0.15, 0.2) is 0 Å². The number of hydrogen-bond acceptors (Lipinski definition) is 5. The highest BCUT2D eigenvalue weighted by molar-refractivity contribution is 7.99. The number of anilines is 1. The first-order chi connectivity index (χ1) is 5.33. The molecule has 0 aliphatic rings. The van der Waals surface area contributed by atoms with Crippen molar-refractivity contribution in [2.45, 2.75) is 5.16 Å². The molecule has 0 aliphatic heterocycles. The lowest BCUT2D eigenvalue weighted by molar-refractivity contribution is 0.868. The number of nitrogens with zero attached hydrogens (tertiary/aromatic N) is 2. The summed E-state index contributed by atoms with van der Waals surface area (Å²) in [5, 5.41) is 10.2. The predicted octanol–water partition coefficient (Wildman–Crippen LogP) is -0.302. The van der Waals surface area contributed by atoms with E-state index in [9.17, 15) is 0 Å². The topological polar surface area (TPSA) is 79.6 Å². The molecule has 0 unspecified atom stereocenters. The van der Waals surface area contributed by atoms with Crippen LogP contribution in [0.5, 0.6) is 0 Å². The van der Waals surface area contributed by atoms with E-state index in [1.165, 1.54) is 0 Å². The van der Waals surface area contributed by atoms with Gasteiger partial charge in [0.25, 0.3) is 0 Å². The lowest BCUT2D eigenvalue weighted by atomic mass is 10.8. The first-order valence-corrected chi connectivity index (χ1v) is 4.27. The zero-order valence-electron chi connectivity index (χ0n) is 6.29. The van der Waals surface area contributed by atoms with Gasteiger partial charge in [-0.1, -0.05) is 11.8 Å². The fourth-order valence-electron chi connectivity index (χ4n) is 0.567. The Kier molecular flexibility index (Phi) is 3.18. The summed E-state index contributed by atoms with van der Waals surface area (Å²) < 4.78 is 0. The van der Waals surface area contributed by atoms with Crippen molar-refractivity contribution in [1.29, 1.82) is 0 Å². The molecule has 0 fully saturated rings. The number of nitrogens with one attached hydrogen (secondary N) is 2. The normalized spacial score (nSPS) is 10.3. The van der Waals surface area contributed by atoms with E-state index in [0.29, 0.717) is 11.1 Å². The lowest BCUT2D eigenvalue weighted by Crippen LogP contribution is -2.09. The quantitative estimate of drug-likeness (QED) is 0.430. The maximum Gasteiger partial charge on any atom is 0.216 e. The molecule has 11 heavy (non-hydrogen) atoms. The first-order valence-electron chi connectivity index (χ1n) is 3.28. The molecule has 4 N–H and O–H groups in total. The third kappa shape index (κ3) is 2.77. The number of hydrogen-bond donors (Lipinski definition) is 3. The smallest absolute Gasteiger partial charge is 0.216 e. The zero-order chi connectivity index (χ0) is 8.10. The van der Waals surface area contributed by atoms with E-state index in [2.05, 4.69) is 20.5 Å². The highest BCUT2D eigenvalue weighted by Gasteiger charge is 1.98. The number of aromatic nitrogens is 3. The summed E-state index contributed by atoms with van der Waals surface area (Å²) >= 11 is 1.57. The minimum Gasteiger partial charge on any atom is -0.368 e. The van der Waals surface area contributed by atoms with Gasteiger partial charge in [0.05, 0.1) is 0 Å². The second-order valence-electron chi connectivity index (χ2n) is 1.96. The number of nitrogens with two attached hydrogens (primary N) is 1. The molecule has 0 spiro atoms. The molecule has 0 saturated heterocycles. The Morgan fingerprint density at radius 2 is 2.55 bits per heavy atom. The van der Waals surface area contributed by atoms with Gasteiger partial charge in [0.1, 0.15) is 0 Å².